The van der Waals surface area contributed by atoms with E-state index in [4.69, 9.17) is 5.73 Å². The highest BCUT2D eigenvalue weighted by Crippen LogP contribution is 2.27. The Bertz CT molecular complexity index is 944. The van der Waals surface area contributed by atoms with Crippen molar-refractivity contribution in [3.63, 3.8) is 0 Å². The SMILES string of the molecule is Cc1cc(C)c(CNc2cc(N)nc3cc(Br)ccc23)c(=O)[nH]1. The second-order valence-electron chi connectivity index (χ2n) is 5.55. The maximum Gasteiger partial charge on any atom is 0.253 e. The van der Waals surface area contributed by atoms with Crippen LogP contribution in [0.2, 0.25) is 0 Å². The van der Waals surface area contributed by atoms with Gasteiger partial charge in [0.05, 0.1) is 5.52 Å². The Labute approximate surface area is 142 Å². The van der Waals surface area contributed by atoms with Gasteiger partial charge in [0.25, 0.3) is 5.56 Å². The molecule has 0 spiro atoms. The van der Waals surface area contributed by atoms with E-state index in [1.54, 1.807) is 6.07 Å². The molecule has 0 atom stereocenters. The zero-order valence-electron chi connectivity index (χ0n) is 12.9. The summed E-state index contributed by atoms with van der Waals surface area (Å²) in [6, 6.07) is 9.60. The summed E-state index contributed by atoms with van der Waals surface area (Å²) >= 11 is 3.44. The predicted octanol–water partition coefficient (Wildman–Crippen LogP) is 3.50. The van der Waals surface area contributed by atoms with Crippen LogP contribution in [0.25, 0.3) is 10.9 Å². The molecule has 0 unspecified atom stereocenters. The van der Waals surface area contributed by atoms with E-state index >= 15 is 0 Å². The van der Waals surface area contributed by atoms with Crippen molar-refractivity contribution >= 4 is 38.3 Å². The minimum Gasteiger partial charge on any atom is -0.384 e. The number of nitrogens with zero attached hydrogens (tertiary/aromatic N) is 1. The summed E-state index contributed by atoms with van der Waals surface area (Å²) < 4.78 is 0.944. The van der Waals surface area contributed by atoms with Gasteiger partial charge in [-0.2, -0.15) is 0 Å². The topological polar surface area (TPSA) is 83.8 Å². The molecule has 0 aliphatic carbocycles. The van der Waals surface area contributed by atoms with E-state index in [-0.39, 0.29) is 5.56 Å². The van der Waals surface area contributed by atoms with Gasteiger partial charge in [0.15, 0.2) is 0 Å². The van der Waals surface area contributed by atoms with Gasteiger partial charge >= 0.3 is 0 Å². The van der Waals surface area contributed by atoms with Crippen LogP contribution in [0.1, 0.15) is 16.8 Å². The second-order valence-corrected chi connectivity index (χ2v) is 6.47. The first-order valence-electron chi connectivity index (χ1n) is 7.23. The maximum atomic E-state index is 12.1. The number of fused-ring (bicyclic) bond motifs is 1. The van der Waals surface area contributed by atoms with Gasteiger partial charge in [0, 0.05) is 39.4 Å². The fourth-order valence-corrected chi connectivity index (χ4v) is 3.00. The summed E-state index contributed by atoms with van der Waals surface area (Å²) in [5.41, 5.74) is 10.0. The fraction of sp³-hybridized carbons (Fsp3) is 0.176. The largest absolute Gasteiger partial charge is 0.384 e. The van der Waals surface area contributed by atoms with Crippen LogP contribution in [-0.2, 0) is 6.54 Å². The first-order chi connectivity index (χ1) is 10.9. The molecule has 0 saturated heterocycles. The van der Waals surface area contributed by atoms with Gasteiger partial charge in [-0.25, -0.2) is 4.98 Å². The number of aromatic amines is 1. The number of rotatable bonds is 3. The summed E-state index contributed by atoms with van der Waals surface area (Å²) in [7, 11) is 0. The van der Waals surface area contributed by atoms with Gasteiger partial charge < -0.3 is 16.0 Å². The highest BCUT2D eigenvalue weighted by Gasteiger charge is 2.08. The van der Waals surface area contributed by atoms with Crippen LogP contribution in [0.5, 0.6) is 0 Å². The molecule has 4 N–H and O–H groups in total. The van der Waals surface area contributed by atoms with Gasteiger partial charge in [-0.15, -0.1) is 0 Å². The highest BCUT2D eigenvalue weighted by molar-refractivity contribution is 9.10. The van der Waals surface area contributed by atoms with Crippen LogP contribution >= 0.6 is 15.9 Å². The van der Waals surface area contributed by atoms with Crippen LogP contribution in [0.15, 0.2) is 39.6 Å². The quantitative estimate of drug-likeness (QED) is 0.656. The molecular weight excluding hydrogens is 356 g/mol. The van der Waals surface area contributed by atoms with Crippen molar-refractivity contribution in [3.8, 4) is 0 Å². The molecule has 2 aromatic heterocycles. The van der Waals surface area contributed by atoms with Crippen LogP contribution in [0.4, 0.5) is 11.5 Å². The molecule has 0 radical (unpaired) electrons. The van der Waals surface area contributed by atoms with Crippen LogP contribution < -0.4 is 16.6 Å². The molecule has 1 aromatic carbocycles. The minimum atomic E-state index is -0.0657. The fourth-order valence-electron chi connectivity index (χ4n) is 2.65. The molecule has 0 amide bonds. The lowest BCUT2D eigenvalue weighted by molar-refractivity contribution is 1.01. The molecule has 0 aliphatic rings. The molecule has 6 heteroatoms. The Morgan fingerprint density at radius 2 is 2.04 bits per heavy atom. The molecule has 0 aliphatic heterocycles. The Balaban J connectivity index is 1.98. The minimum absolute atomic E-state index is 0.0657. The molecule has 3 aromatic rings. The van der Waals surface area contributed by atoms with Crippen molar-refractivity contribution in [2.45, 2.75) is 20.4 Å². The van der Waals surface area contributed by atoms with Gasteiger partial charge in [-0.1, -0.05) is 15.9 Å². The lowest BCUT2D eigenvalue weighted by atomic mass is 10.1. The Morgan fingerprint density at radius 1 is 1.26 bits per heavy atom. The highest BCUT2D eigenvalue weighted by atomic mass is 79.9. The van der Waals surface area contributed by atoms with E-state index < -0.39 is 0 Å². The van der Waals surface area contributed by atoms with Crippen molar-refractivity contribution in [1.29, 1.82) is 0 Å². The summed E-state index contributed by atoms with van der Waals surface area (Å²) in [6.45, 7) is 4.24. The lowest BCUT2D eigenvalue weighted by Crippen LogP contribution is -2.18. The summed E-state index contributed by atoms with van der Waals surface area (Å²) in [4.78, 5) is 19.3. The first kappa shape index (κ1) is 15.6. The number of H-pyrrole nitrogens is 1. The van der Waals surface area contributed by atoms with Gasteiger partial charge in [-0.05, 0) is 43.7 Å². The average Bonchev–Trinajstić information content (AvgIpc) is 2.45. The van der Waals surface area contributed by atoms with Gasteiger partial charge in [-0.3, -0.25) is 4.79 Å². The summed E-state index contributed by atoms with van der Waals surface area (Å²) in [5, 5.41) is 4.27. The number of halogens is 1. The Kier molecular flexibility index (Phi) is 4.09. The van der Waals surface area contributed by atoms with Crippen LogP contribution in [-0.4, -0.2) is 9.97 Å². The molecule has 0 saturated carbocycles. The van der Waals surface area contributed by atoms with Gasteiger partial charge in [0.2, 0.25) is 0 Å². The van der Waals surface area contributed by atoms with E-state index in [2.05, 4.69) is 31.2 Å². The average molecular weight is 373 g/mol. The molecule has 118 valence electrons. The second kappa shape index (κ2) is 6.04. The number of aryl methyl sites for hydroxylation is 2. The third kappa shape index (κ3) is 3.22. The third-order valence-electron chi connectivity index (χ3n) is 3.74. The van der Waals surface area contributed by atoms with E-state index in [9.17, 15) is 4.79 Å². The van der Waals surface area contributed by atoms with Crippen LogP contribution in [0.3, 0.4) is 0 Å². The summed E-state index contributed by atoms with van der Waals surface area (Å²) in [5.74, 6) is 0.438. The van der Waals surface area contributed by atoms with Crippen molar-refractivity contribution in [1.82, 2.24) is 9.97 Å². The zero-order valence-corrected chi connectivity index (χ0v) is 14.5. The number of benzene rings is 1. The first-order valence-corrected chi connectivity index (χ1v) is 8.02. The number of hydrogen-bond acceptors (Lipinski definition) is 4. The van der Waals surface area contributed by atoms with Gasteiger partial charge in [0.1, 0.15) is 5.82 Å². The van der Waals surface area contributed by atoms with Crippen molar-refractivity contribution in [2.24, 2.45) is 0 Å². The molecule has 0 fully saturated rings. The molecule has 23 heavy (non-hydrogen) atoms. The molecule has 2 heterocycles. The summed E-state index contributed by atoms with van der Waals surface area (Å²) in [6.07, 6.45) is 0. The van der Waals surface area contributed by atoms with Crippen LogP contribution in [0, 0.1) is 13.8 Å². The smallest absolute Gasteiger partial charge is 0.253 e. The Morgan fingerprint density at radius 3 is 2.78 bits per heavy atom. The number of nitrogens with one attached hydrogen (secondary N) is 2. The lowest BCUT2D eigenvalue weighted by Gasteiger charge is -2.12. The molecule has 3 rings (SSSR count). The normalized spacial score (nSPS) is 10.9. The number of nitrogen functional groups attached to an aromatic ring is 1. The maximum absolute atomic E-state index is 12.1. The third-order valence-corrected chi connectivity index (χ3v) is 4.23. The monoisotopic (exact) mass is 372 g/mol. The van der Waals surface area contributed by atoms with Crippen molar-refractivity contribution in [2.75, 3.05) is 11.1 Å². The van der Waals surface area contributed by atoms with Crippen molar-refractivity contribution in [3.05, 3.63) is 62.0 Å². The number of hydrogen-bond donors (Lipinski definition) is 3. The van der Waals surface area contributed by atoms with Crippen molar-refractivity contribution < 1.29 is 0 Å². The van der Waals surface area contributed by atoms with E-state index in [1.807, 2.05) is 38.1 Å². The van der Waals surface area contributed by atoms with E-state index in [0.29, 0.717) is 12.4 Å². The Hall–Kier alpha value is -2.34. The number of nitrogens with two attached hydrogens (primary N) is 1. The number of anilines is 2. The number of pyridine rings is 2. The molecule has 5 nitrogen and oxygen atoms in total. The predicted molar refractivity (Wildman–Crippen MR) is 97.7 cm³/mol. The van der Waals surface area contributed by atoms with E-state index in [0.717, 1.165) is 37.9 Å². The molecule has 0 bridgehead atoms. The standard InChI is InChI=1S/C17H17BrN4O/c1-9-5-10(2)21-17(23)13(9)8-20-14-7-16(19)22-15-6-11(18)3-4-12(14)15/h3-7H,8H2,1-2H3,(H,21,23)(H3,19,20,22). The zero-order chi connectivity index (χ0) is 16.6. The number of aromatic nitrogens is 2. The van der Waals surface area contributed by atoms with E-state index in [1.165, 1.54) is 0 Å². The molecular formula is C17H17BrN4O.